The molecule has 2 rings (SSSR count). The maximum absolute atomic E-state index is 10.8. The highest BCUT2D eigenvalue weighted by Crippen LogP contribution is 2.33. The Kier molecular flexibility index (Phi) is 5.58. The maximum atomic E-state index is 10.8. The number of aryl methyl sites for hydroxylation is 2. The Hall–Kier alpha value is -1.60. The maximum Gasteiger partial charge on any atom is 0.124 e. The summed E-state index contributed by atoms with van der Waals surface area (Å²) in [7, 11) is 0. The van der Waals surface area contributed by atoms with Crippen LogP contribution in [0.4, 0.5) is 0 Å². The standard InChI is InChI=1S/C19H21ClO/c1-3-4-6-15-7-5-8-18(20)19(15)17-10-9-14(2)16(13-17)11-12-21/h5,7-10,12-13H,3-4,6,11H2,1-2H3. The number of carbonyl (C=O) groups is 1. The highest BCUT2D eigenvalue weighted by Gasteiger charge is 2.11. The van der Waals surface area contributed by atoms with Gasteiger partial charge in [-0.05, 0) is 48.1 Å². The highest BCUT2D eigenvalue weighted by molar-refractivity contribution is 6.33. The van der Waals surface area contributed by atoms with Crippen molar-refractivity contribution in [3.63, 3.8) is 0 Å². The van der Waals surface area contributed by atoms with Gasteiger partial charge >= 0.3 is 0 Å². The normalized spacial score (nSPS) is 10.6. The van der Waals surface area contributed by atoms with Gasteiger partial charge in [-0.2, -0.15) is 0 Å². The quantitative estimate of drug-likeness (QED) is 0.653. The molecule has 0 radical (unpaired) electrons. The topological polar surface area (TPSA) is 17.1 Å². The van der Waals surface area contributed by atoms with Crippen LogP contribution in [-0.2, 0) is 17.6 Å². The van der Waals surface area contributed by atoms with Gasteiger partial charge < -0.3 is 4.79 Å². The first-order chi connectivity index (χ1) is 10.2. The summed E-state index contributed by atoms with van der Waals surface area (Å²) in [4.78, 5) is 10.8. The van der Waals surface area contributed by atoms with E-state index in [4.69, 9.17) is 11.6 Å². The number of halogens is 1. The zero-order chi connectivity index (χ0) is 15.2. The third-order valence-corrected chi connectivity index (χ3v) is 4.16. The molecule has 0 saturated heterocycles. The van der Waals surface area contributed by atoms with Gasteiger partial charge in [0, 0.05) is 17.0 Å². The molecule has 2 heteroatoms. The van der Waals surface area contributed by atoms with Crippen molar-refractivity contribution < 1.29 is 4.79 Å². The third kappa shape index (κ3) is 3.74. The van der Waals surface area contributed by atoms with Gasteiger partial charge in [-0.25, -0.2) is 0 Å². The van der Waals surface area contributed by atoms with E-state index in [0.29, 0.717) is 6.42 Å². The molecule has 0 spiro atoms. The molecule has 0 aliphatic rings. The summed E-state index contributed by atoms with van der Waals surface area (Å²) in [6.45, 7) is 4.23. The monoisotopic (exact) mass is 300 g/mol. The van der Waals surface area contributed by atoms with Gasteiger partial charge in [-0.15, -0.1) is 0 Å². The Bertz CT molecular complexity index is 631. The zero-order valence-electron chi connectivity index (χ0n) is 12.7. The largest absolute Gasteiger partial charge is 0.303 e. The van der Waals surface area contributed by atoms with Gasteiger partial charge in [-0.1, -0.05) is 55.3 Å². The average molecular weight is 301 g/mol. The lowest BCUT2D eigenvalue weighted by atomic mass is 9.93. The number of hydrogen-bond acceptors (Lipinski definition) is 1. The van der Waals surface area contributed by atoms with Crippen LogP contribution in [0, 0.1) is 6.92 Å². The van der Waals surface area contributed by atoms with Gasteiger partial charge in [0.15, 0.2) is 0 Å². The summed E-state index contributed by atoms with van der Waals surface area (Å²) >= 11 is 6.44. The minimum absolute atomic E-state index is 0.453. The van der Waals surface area contributed by atoms with Gasteiger partial charge in [0.05, 0.1) is 0 Å². The van der Waals surface area contributed by atoms with Gasteiger partial charge in [0.25, 0.3) is 0 Å². The Morgan fingerprint density at radius 1 is 1.14 bits per heavy atom. The Balaban J connectivity index is 2.50. The van der Waals surface area contributed by atoms with Crippen molar-refractivity contribution in [1.29, 1.82) is 0 Å². The van der Waals surface area contributed by atoms with Crippen molar-refractivity contribution in [2.75, 3.05) is 0 Å². The Morgan fingerprint density at radius 2 is 1.95 bits per heavy atom. The number of aldehydes is 1. The predicted octanol–water partition coefficient (Wildman–Crippen LogP) is 5.40. The van der Waals surface area contributed by atoms with E-state index >= 15 is 0 Å². The fourth-order valence-corrected chi connectivity index (χ4v) is 2.91. The molecule has 0 unspecified atom stereocenters. The lowest BCUT2D eigenvalue weighted by Crippen LogP contribution is -1.95. The first kappa shape index (κ1) is 15.8. The second kappa shape index (κ2) is 7.42. The van der Waals surface area contributed by atoms with Crippen LogP contribution in [0.15, 0.2) is 36.4 Å². The van der Waals surface area contributed by atoms with Gasteiger partial charge in [-0.3, -0.25) is 0 Å². The molecular formula is C19H21ClO. The molecule has 0 aliphatic carbocycles. The van der Waals surface area contributed by atoms with E-state index in [1.165, 1.54) is 5.56 Å². The molecule has 110 valence electrons. The molecule has 0 amide bonds. The number of unbranched alkanes of at least 4 members (excludes halogenated alkanes) is 1. The molecule has 21 heavy (non-hydrogen) atoms. The van der Waals surface area contributed by atoms with Crippen LogP contribution in [0.1, 0.15) is 36.5 Å². The summed E-state index contributed by atoms with van der Waals surface area (Å²) in [5, 5.41) is 0.782. The van der Waals surface area contributed by atoms with E-state index in [0.717, 1.165) is 52.8 Å². The third-order valence-electron chi connectivity index (χ3n) is 3.84. The van der Waals surface area contributed by atoms with Crippen LogP contribution in [0.3, 0.4) is 0 Å². The summed E-state index contributed by atoms with van der Waals surface area (Å²) in [6.07, 6.45) is 4.76. The van der Waals surface area contributed by atoms with Crippen LogP contribution in [0.5, 0.6) is 0 Å². The smallest absolute Gasteiger partial charge is 0.124 e. The lowest BCUT2D eigenvalue weighted by molar-refractivity contribution is -0.107. The van der Waals surface area contributed by atoms with Gasteiger partial charge in [0.1, 0.15) is 6.29 Å². The van der Waals surface area contributed by atoms with Crippen molar-refractivity contribution in [3.05, 3.63) is 58.1 Å². The first-order valence-corrected chi connectivity index (χ1v) is 7.86. The Morgan fingerprint density at radius 3 is 2.67 bits per heavy atom. The molecular weight excluding hydrogens is 280 g/mol. The number of benzene rings is 2. The summed E-state index contributed by atoms with van der Waals surface area (Å²) in [5.41, 5.74) is 5.72. The van der Waals surface area contributed by atoms with Crippen LogP contribution >= 0.6 is 11.6 Å². The molecule has 0 N–H and O–H groups in total. The van der Waals surface area contributed by atoms with Crippen LogP contribution in [0.2, 0.25) is 5.02 Å². The molecule has 0 fully saturated rings. The van der Waals surface area contributed by atoms with Crippen molar-refractivity contribution in [2.24, 2.45) is 0 Å². The Labute approximate surface area is 132 Å². The van der Waals surface area contributed by atoms with E-state index < -0.39 is 0 Å². The lowest BCUT2D eigenvalue weighted by Gasteiger charge is -2.13. The number of hydrogen-bond donors (Lipinski definition) is 0. The van der Waals surface area contributed by atoms with Crippen LogP contribution in [0.25, 0.3) is 11.1 Å². The predicted molar refractivity (Wildman–Crippen MR) is 90.0 cm³/mol. The second-order valence-corrected chi connectivity index (χ2v) is 5.80. The van der Waals surface area contributed by atoms with Crippen molar-refractivity contribution in [1.82, 2.24) is 0 Å². The van der Waals surface area contributed by atoms with Crippen molar-refractivity contribution >= 4 is 17.9 Å². The van der Waals surface area contributed by atoms with Crippen LogP contribution < -0.4 is 0 Å². The van der Waals surface area contributed by atoms with E-state index in [2.05, 4.69) is 31.2 Å². The highest BCUT2D eigenvalue weighted by atomic mass is 35.5. The SMILES string of the molecule is CCCCc1cccc(Cl)c1-c1ccc(C)c(CC=O)c1. The number of carbonyl (C=O) groups excluding carboxylic acids is 1. The molecule has 0 aliphatic heterocycles. The zero-order valence-corrected chi connectivity index (χ0v) is 13.4. The molecule has 2 aromatic rings. The molecule has 0 bridgehead atoms. The fourth-order valence-electron chi connectivity index (χ4n) is 2.60. The van der Waals surface area contributed by atoms with E-state index in [1.54, 1.807) is 0 Å². The summed E-state index contributed by atoms with van der Waals surface area (Å²) in [6, 6.07) is 12.4. The molecule has 0 atom stereocenters. The average Bonchev–Trinajstić information content (AvgIpc) is 2.48. The summed E-state index contributed by atoms with van der Waals surface area (Å²) in [5.74, 6) is 0. The first-order valence-electron chi connectivity index (χ1n) is 7.48. The number of rotatable bonds is 6. The second-order valence-electron chi connectivity index (χ2n) is 5.39. The molecule has 0 aromatic heterocycles. The molecule has 0 saturated carbocycles. The van der Waals surface area contributed by atoms with Crippen molar-refractivity contribution in [2.45, 2.75) is 39.5 Å². The molecule has 2 aromatic carbocycles. The summed E-state index contributed by atoms with van der Waals surface area (Å²) < 4.78 is 0. The van der Waals surface area contributed by atoms with Crippen LogP contribution in [-0.4, -0.2) is 6.29 Å². The van der Waals surface area contributed by atoms with E-state index in [1.807, 2.05) is 19.1 Å². The van der Waals surface area contributed by atoms with E-state index in [-0.39, 0.29) is 0 Å². The minimum atomic E-state index is 0.453. The van der Waals surface area contributed by atoms with Crippen molar-refractivity contribution in [3.8, 4) is 11.1 Å². The van der Waals surface area contributed by atoms with E-state index in [9.17, 15) is 4.79 Å². The van der Waals surface area contributed by atoms with Gasteiger partial charge in [0.2, 0.25) is 0 Å². The molecule has 1 nitrogen and oxygen atoms in total. The fraction of sp³-hybridized carbons (Fsp3) is 0.316. The minimum Gasteiger partial charge on any atom is -0.303 e. The molecule has 0 heterocycles.